The van der Waals surface area contributed by atoms with Crippen molar-refractivity contribution in [1.29, 1.82) is 0 Å². The standard InChI is InChI=1S/C61H104O5/c1-4-7-10-13-16-19-22-25-28-30-31-32-34-36-39-42-45-48-51-54-60(62)65-58-59(57-64-56-53-50-47-44-41-38-35-29-26-23-20-17-14-11-8-5-2)66-61(63)55-52-49-46-43-40-37-33-27-24-21-18-15-12-9-6-3/h8,11,16-17,19-20,25-26,28-29,31-32,38,41,47,50,59H,4-7,9-10,12-15,18,21-24,27,30,33-37,39-40,42-46,48-49,51-58H2,1-3H3/b11-8-,19-16-,20-17-,28-25-,29-26-,32-31-,41-38-,50-47-. The maximum Gasteiger partial charge on any atom is 0.306 e. The van der Waals surface area contributed by atoms with Crippen LogP contribution in [-0.4, -0.2) is 37.9 Å². The highest BCUT2D eigenvalue weighted by atomic mass is 16.6. The fourth-order valence-electron chi connectivity index (χ4n) is 7.52. The summed E-state index contributed by atoms with van der Waals surface area (Å²) in [6.45, 7) is 7.48. The Kier molecular flexibility index (Phi) is 53.4. The summed E-state index contributed by atoms with van der Waals surface area (Å²) in [6.07, 6.45) is 75.8. The average molecular weight is 917 g/mol. The quantitative estimate of drug-likeness (QED) is 0.0346. The van der Waals surface area contributed by atoms with Crippen molar-refractivity contribution < 1.29 is 23.8 Å². The lowest BCUT2D eigenvalue weighted by Gasteiger charge is -2.18. The molecule has 0 aliphatic rings. The van der Waals surface area contributed by atoms with Gasteiger partial charge in [-0.3, -0.25) is 9.59 Å². The smallest absolute Gasteiger partial charge is 0.306 e. The van der Waals surface area contributed by atoms with Gasteiger partial charge in [0.1, 0.15) is 6.61 Å². The lowest BCUT2D eigenvalue weighted by molar-refractivity contribution is -0.162. The molecule has 0 aromatic heterocycles. The fraction of sp³-hybridized carbons (Fsp3) is 0.705. The number of rotatable bonds is 50. The minimum absolute atomic E-state index is 0.0462. The van der Waals surface area contributed by atoms with E-state index in [2.05, 4.69) is 118 Å². The molecule has 378 valence electrons. The van der Waals surface area contributed by atoms with Crippen LogP contribution in [0.4, 0.5) is 0 Å². The lowest BCUT2D eigenvalue weighted by atomic mass is 10.0. The van der Waals surface area contributed by atoms with Crippen molar-refractivity contribution >= 4 is 11.9 Å². The summed E-state index contributed by atoms with van der Waals surface area (Å²) in [7, 11) is 0. The molecular formula is C61H104O5. The molecule has 1 unspecified atom stereocenters. The molecule has 0 rings (SSSR count). The molecule has 0 aromatic carbocycles. The first kappa shape index (κ1) is 62.8. The van der Waals surface area contributed by atoms with E-state index in [-0.39, 0.29) is 25.2 Å². The van der Waals surface area contributed by atoms with Gasteiger partial charge in [-0.1, -0.05) is 246 Å². The van der Waals surface area contributed by atoms with Gasteiger partial charge in [0.25, 0.3) is 0 Å². The molecule has 5 heteroatoms. The molecular weight excluding hydrogens is 813 g/mol. The van der Waals surface area contributed by atoms with Gasteiger partial charge < -0.3 is 14.2 Å². The molecule has 0 saturated carbocycles. The van der Waals surface area contributed by atoms with E-state index in [1.807, 2.05) is 0 Å². The van der Waals surface area contributed by atoms with E-state index in [1.54, 1.807) is 0 Å². The lowest BCUT2D eigenvalue weighted by Crippen LogP contribution is -2.30. The summed E-state index contributed by atoms with van der Waals surface area (Å²) >= 11 is 0. The molecule has 0 aliphatic carbocycles. The Hall–Kier alpha value is -3.18. The molecule has 0 spiro atoms. The molecule has 0 aliphatic heterocycles. The van der Waals surface area contributed by atoms with Crippen LogP contribution in [0.25, 0.3) is 0 Å². The molecule has 66 heavy (non-hydrogen) atoms. The second kappa shape index (κ2) is 56.1. The van der Waals surface area contributed by atoms with Gasteiger partial charge in [-0.15, -0.1) is 0 Å². The number of carbonyl (C=O) groups is 2. The first-order valence-corrected chi connectivity index (χ1v) is 27.8. The third-order valence-electron chi connectivity index (χ3n) is 11.6. The van der Waals surface area contributed by atoms with Crippen molar-refractivity contribution in [3.05, 3.63) is 97.2 Å². The Labute approximate surface area is 409 Å². The molecule has 0 N–H and O–H groups in total. The number of unbranched alkanes of at least 4 members (excludes halogenated alkanes) is 23. The number of carbonyl (C=O) groups excluding carboxylic acids is 2. The zero-order chi connectivity index (χ0) is 47.7. The number of hydrogen-bond acceptors (Lipinski definition) is 5. The summed E-state index contributed by atoms with van der Waals surface area (Å²) in [4.78, 5) is 25.5. The van der Waals surface area contributed by atoms with Gasteiger partial charge >= 0.3 is 11.9 Å². The SMILES string of the molecule is CC/C=C\C/C=C\C/C=C\C/C=C\C/C=C\CCOCC(COC(=O)CCCCCCCC/C=C\C/C=C\C/C=C\CCCCC)OC(=O)CCCCCCCCCCCCCCCCC. The maximum atomic E-state index is 12.8. The second-order valence-electron chi connectivity index (χ2n) is 18.1. The van der Waals surface area contributed by atoms with E-state index in [0.29, 0.717) is 19.4 Å². The maximum absolute atomic E-state index is 12.8. The second-order valence-corrected chi connectivity index (χ2v) is 18.1. The van der Waals surface area contributed by atoms with Crippen molar-refractivity contribution in [2.24, 2.45) is 0 Å². The van der Waals surface area contributed by atoms with Crippen molar-refractivity contribution in [1.82, 2.24) is 0 Å². The predicted octanol–water partition coefficient (Wildman–Crippen LogP) is 19.0. The Morgan fingerprint density at radius 2 is 0.682 bits per heavy atom. The van der Waals surface area contributed by atoms with Crippen LogP contribution in [0.2, 0.25) is 0 Å². The van der Waals surface area contributed by atoms with Crippen LogP contribution in [-0.2, 0) is 23.8 Å². The zero-order valence-corrected chi connectivity index (χ0v) is 43.4. The normalized spacial score (nSPS) is 13.0. The molecule has 0 aromatic rings. The topological polar surface area (TPSA) is 61.8 Å². The fourth-order valence-corrected chi connectivity index (χ4v) is 7.52. The minimum atomic E-state index is -0.585. The van der Waals surface area contributed by atoms with E-state index in [0.717, 1.165) is 96.3 Å². The number of allylic oxidation sites excluding steroid dienone is 15. The minimum Gasteiger partial charge on any atom is -0.462 e. The monoisotopic (exact) mass is 917 g/mol. The van der Waals surface area contributed by atoms with Crippen LogP contribution in [0.1, 0.15) is 252 Å². The van der Waals surface area contributed by atoms with Crippen LogP contribution < -0.4 is 0 Å². The van der Waals surface area contributed by atoms with E-state index in [4.69, 9.17) is 14.2 Å². The molecule has 5 nitrogen and oxygen atoms in total. The van der Waals surface area contributed by atoms with Gasteiger partial charge in [-0.05, 0) is 89.9 Å². The van der Waals surface area contributed by atoms with Gasteiger partial charge in [-0.25, -0.2) is 0 Å². The summed E-state index contributed by atoms with van der Waals surface area (Å²) in [6, 6.07) is 0. The van der Waals surface area contributed by atoms with E-state index in [9.17, 15) is 9.59 Å². The molecule has 0 fully saturated rings. The largest absolute Gasteiger partial charge is 0.462 e. The van der Waals surface area contributed by atoms with Crippen molar-refractivity contribution in [3.63, 3.8) is 0 Å². The Bertz CT molecular complexity index is 1270. The first-order chi connectivity index (χ1) is 32.6. The summed E-state index contributed by atoms with van der Waals surface area (Å²) in [5.74, 6) is -0.449. The van der Waals surface area contributed by atoms with Gasteiger partial charge in [0, 0.05) is 12.8 Å². The van der Waals surface area contributed by atoms with Crippen LogP contribution in [0.3, 0.4) is 0 Å². The molecule has 0 heterocycles. The zero-order valence-electron chi connectivity index (χ0n) is 43.4. The summed E-state index contributed by atoms with van der Waals surface area (Å²) in [5.41, 5.74) is 0. The van der Waals surface area contributed by atoms with Crippen molar-refractivity contribution in [3.8, 4) is 0 Å². The van der Waals surface area contributed by atoms with Crippen molar-refractivity contribution in [2.45, 2.75) is 258 Å². The molecule has 0 radical (unpaired) electrons. The highest BCUT2D eigenvalue weighted by Crippen LogP contribution is 2.15. The summed E-state index contributed by atoms with van der Waals surface area (Å²) in [5, 5.41) is 0. The predicted molar refractivity (Wildman–Crippen MR) is 288 cm³/mol. The number of ether oxygens (including phenoxy) is 3. The number of esters is 2. The average Bonchev–Trinajstić information content (AvgIpc) is 3.32. The molecule has 1 atom stereocenters. The van der Waals surface area contributed by atoms with Crippen LogP contribution in [0.5, 0.6) is 0 Å². The Morgan fingerprint density at radius 1 is 0.348 bits per heavy atom. The van der Waals surface area contributed by atoms with Gasteiger partial charge in [0.15, 0.2) is 6.10 Å². The van der Waals surface area contributed by atoms with Gasteiger partial charge in [-0.2, -0.15) is 0 Å². The first-order valence-electron chi connectivity index (χ1n) is 27.8. The van der Waals surface area contributed by atoms with Gasteiger partial charge in [0.2, 0.25) is 0 Å². The molecule has 0 amide bonds. The van der Waals surface area contributed by atoms with E-state index < -0.39 is 6.10 Å². The Morgan fingerprint density at radius 3 is 1.12 bits per heavy atom. The van der Waals surface area contributed by atoms with Crippen LogP contribution in [0, 0.1) is 0 Å². The summed E-state index contributed by atoms with van der Waals surface area (Å²) < 4.78 is 17.3. The van der Waals surface area contributed by atoms with E-state index in [1.165, 1.54) is 122 Å². The van der Waals surface area contributed by atoms with E-state index >= 15 is 0 Å². The van der Waals surface area contributed by atoms with Gasteiger partial charge in [0.05, 0.1) is 13.2 Å². The number of hydrogen-bond donors (Lipinski definition) is 0. The molecule has 0 bridgehead atoms. The van der Waals surface area contributed by atoms with Crippen molar-refractivity contribution in [2.75, 3.05) is 19.8 Å². The van der Waals surface area contributed by atoms with Crippen LogP contribution in [0.15, 0.2) is 97.2 Å². The Balaban J connectivity index is 4.39. The highest BCUT2D eigenvalue weighted by Gasteiger charge is 2.17. The van der Waals surface area contributed by atoms with Crippen LogP contribution >= 0.6 is 0 Å². The third-order valence-corrected chi connectivity index (χ3v) is 11.6. The molecule has 0 saturated heterocycles. The third kappa shape index (κ3) is 53.4. The highest BCUT2D eigenvalue weighted by molar-refractivity contribution is 5.70.